The lowest BCUT2D eigenvalue weighted by Gasteiger charge is -2.28. The SMILES string of the molecule is CC(C)(C)c1ccc(C(=O)C2Cc3ccccc32)s1. The molecule has 98 valence electrons. The van der Waals surface area contributed by atoms with Gasteiger partial charge in [0.2, 0.25) is 0 Å². The van der Waals surface area contributed by atoms with Crippen LogP contribution in [-0.2, 0) is 11.8 Å². The van der Waals surface area contributed by atoms with Crippen LogP contribution < -0.4 is 0 Å². The van der Waals surface area contributed by atoms with Crippen LogP contribution in [0.2, 0.25) is 0 Å². The average molecular weight is 270 g/mol. The molecule has 0 aliphatic heterocycles. The molecule has 0 N–H and O–H groups in total. The minimum absolute atomic E-state index is 0.0858. The van der Waals surface area contributed by atoms with Gasteiger partial charge >= 0.3 is 0 Å². The lowest BCUT2D eigenvalue weighted by atomic mass is 9.75. The number of carbonyl (C=O) groups excluding carboxylic acids is 1. The lowest BCUT2D eigenvalue weighted by molar-refractivity contribution is 0.0953. The van der Waals surface area contributed by atoms with E-state index < -0.39 is 0 Å². The summed E-state index contributed by atoms with van der Waals surface area (Å²) in [5.74, 6) is 0.377. The van der Waals surface area contributed by atoms with E-state index in [1.807, 2.05) is 18.2 Å². The van der Waals surface area contributed by atoms with Crippen LogP contribution in [0, 0.1) is 0 Å². The van der Waals surface area contributed by atoms with Crippen molar-refractivity contribution in [2.24, 2.45) is 0 Å². The Kier molecular flexibility index (Phi) is 2.86. The van der Waals surface area contributed by atoms with Gasteiger partial charge in [0, 0.05) is 4.88 Å². The van der Waals surface area contributed by atoms with Gasteiger partial charge in [-0.05, 0) is 35.1 Å². The van der Waals surface area contributed by atoms with Crippen molar-refractivity contribution in [3.63, 3.8) is 0 Å². The number of benzene rings is 1. The van der Waals surface area contributed by atoms with Gasteiger partial charge in [0.25, 0.3) is 0 Å². The largest absolute Gasteiger partial charge is 0.293 e. The first-order chi connectivity index (χ1) is 8.97. The number of Topliss-reactive ketones (excluding diaryl/α,β-unsaturated/α-hetero) is 1. The van der Waals surface area contributed by atoms with Crippen LogP contribution in [0.4, 0.5) is 0 Å². The number of hydrogen-bond acceptors (Lipinski definition) is 2. The number of carbonyl (C=O) groups is 1. The first-order valence-corrected chi connectivity index (χ1v) is 7.51. The first kappa shape index (κ1) is 12.6. The molecule has 3 rings (SSSR count). The molecule has 0 saturated heterocycles. The monoisotopic (exact) mass is 270 g/mol. The van der Waals surface area contributed by atoms with Crippen molar-refractivity contribution in [1.82, 2.24) is 0 Å². The van der Waals surface area contributed by atoms with Crippen molar-refractivity contribution in [2.45, 2.75) is 38.5 Å². The summed E-state index contributed by atoms with van der Waals surface area (Å²) < 4.78 is 0. The zero-order valence-electron chi connectivity index (χ0n) is 11.6. The third kappa shape index (κ3) is 2.14. The molecular weight excluding hydrogens is 252 g/mol. The van der Waals surface area contributed by atoms with Crippen molar-refractivity contribution in [1.29, 1.82) is 0 Å². The summed E-state index contributed by atoms with van der Waals surface area (Å²) in [6, 6.07) is 12.4. The molecule has 1 aliphatic carbocycles. The maximum atomic E-state index is 12.5. The summed E-state index contributed by atoms with van der Waals surface area (Å²) in [6.07, 6.45) is 0.901. The predicted octanol–water partition coefficient (Wildman–Crippen LogP) is 4.57. The molecule has 0 fully saturated rings. The predicted molar refractivity (Wildman–Crippen MR) is 80.2 cm³/mol. The normalized spacial score (nSPS) is 17.7. The van der Waals surface area contributed by atoms with Crippen LogP contribution in [0.5, 0.6) is 0 Å². The van der Waals surface area contributed by atoms with Gasteiger partial charge in [-0.25, -0.2) is 0 Å². The van der Waals surface area contributed by atoms with Crippen LogP contribution in [0.1, 0.15) is 52.4 Å². The number of hydrogen-bond donors (Lipinski definition) is 0. The second-order valence-corrected chi connectivity index (χ2v) is 7.32. The highest BCUT2D eigenvalue weighted by Crippen LogP contribution is 2.39. The van der Waals surface area contributed by atoms with Gasteiger partial charge in [-0.2, -0.15) is 0 Å². The molecule has 1 unspecified atom stereocenters. The smallest absolute Gasteiger partial charge is 0.180 e. The number of thiophene rings is 1. The molecule has 1 heterocycles. The molecule has 0 spiro atoms. The third-order valence-corrected chi connectivity index (χ3v) is 5.28. The van der Waals surface area contributed by atoms with Gasteiger partial charge in [-0.1, -0.05) is 45.0 Å². The number of fused-ring (bicyclic) bond motifs is 1. The van der Waals surface area contributed by atoms with Crippen molar-refractivity contribution in [3.05, 3.63) is 57.3 Å². The van der Waals surface area contributed by atoms with E-state index in [0.717, 1.165) is 11.3 Å². The summed E-state index contributed by atoms with van der Waals surface area (Å²) in [5, 5.41) is 0. The van der Waals surface area contributed by atoms with Gasteiger partial charge in [0.05, 0.1) is 10.8 Å². The number of ketones is 1. The van der Waals surface area contributed by atoms with E-state index in [0.29, 0.717) is 5.78 Å². The molecule has 2 aromatic rings. The molecule has 0 radical (unpaired) electrons. The molecule has 1 aromatic heterocycles. The fourth-order valence-electron chi connectivity index (χ4n) is 2.54. The van der Waals surface area contributed by atoms with Crippen LogP contribution >= 0.6 is 11.3 Å². The Morgan fingerprint density at radius 3 is 2.53 bits per heavy atom. The van der Waals surface area contributed by atoms with E-state index >= 15 is 0 Å². The van der Waals surface area contributed by atoms with Crippen LogP contribution in [0.25, 0.3) is 0 Å². The summed E-state index contributed by atoms with van der Waals surface area (Å²) in [5.41, 5.74) is 2.67. The molecule has 0 bridgehead atoms. The van der Waals surface area contributed by atoms with Crippen molar-refractivity contribution in [3.8, 4) is 0 Å². The Labute approximate surface area is 118 Å². The van der Waals surface area contributed by atoms with E-state index in [-0.39, 0.29) is 11.3 Å². The second kappa shape index (κ2) is 4.31. The third-order valence-electron chi connectivity index (χ3n) is 3.76. The molecule has 0 amide bonds. The molecule has 1 nitrogen and oxygen atoms in total. The van der Waals surface area contributed by atoms with E-state index in [9.17, 15) is 4.79 Å². The number of rotatable bonds is 2. The fourth-order valence-corrected chi connectivity index (χ4v) is 3.60. The van der Waals surface area contributed by atoms with E-state index in [1.54, 1.807) is 11.3 Å². The lowest BCUT2D eigenvalue weighted by Crippen LogP contribution is -2.24. The van der Waals surface area contributed by atoms with Gasteiger partial charge in [-0.15, -0.1) is 11.3 Å². The highest BCUT2D eigenvalue weighted by Gasteiger charge is 2.33. The van der Waals surface area contributed by atoms with Crippen LogP contribution in [-0.4, -0.2) is 5.78 Å². The Bertz CT molecular complexity index is 631. The standard InChI is InChI=1S/C17H18OS/c1-17(2,3)15-9-8-14(19-15)16(18)13-10-11-6-4-5-7-12(11)13/h4-9,13H,10H2,1-3H3. The Balaban J connectivity index is 1.85. The minimum Gasteiger partial charge on any atom is -0.293 e. The Morgan fingerprint density at radius 1 is 1.16 bits per heavy atom. The van der Waals surface area contributed by atoms with Gasteiger partial charge < -0.3 is 0 Å². The molecule has 1 aliphatic rings. The summed E-state index contributed by atoms with van der Waals surface area (Å²) >= 11 is 1.65. The van der Waals surface area contributed by atoms with Crippen molar-refractivity contribution < 1.29 is 4.79 Å². The van der Waals surface area contributed by atoms with E-state index in [1.165, 1.54) is 16.0 Å². The van der Waals surface area contributed by atoms with Crippen LogP contribution in [0.3, 0.4) is 0 Å². The maximum Gasteiger partial charge on any atom is 0.180 e. The fraction of sp³-hybridized carbons (Fsp3) is 0.353. The van der Waals surface area contributed by atoms with Gasteiger partial charge in [0.1, 0.15) is 0 Å². The Morgan fingerprint density at radius 2 is 1.89 bits per heavy atom. The van der Waals surface area contributed by atoms with Gasteiger partial charge in [0.15, 0.2) is 5.78 Å². The molecule has 0 saturated carbocycles. The second-order valence-electron chi connectivity index (χ2n) is 6.23. The minimum atomic E-state index is 0.0858. The molecule has 1 atom stereocenters. The first-order valence-electron chi connectivity index (χ1n) is 6.69. The van der Waals surface area contributed by atoms with Crippen molar-refractivity contribution >= 4 is 17.1 Å². The molecule has 2 heteroatoms. The van der Waals surface area contributed by atoms with E-state index in [4.69, 9.17) is 0 Å². The maximum absolute atomic E-state index is 12.5. The topological polar surface area (TPSA) is 17.1 Å². The summed E-state index contributed by atoms with van der Waals surface area (Å²) in [6.45, 7) is 6.56. The van der Waals surface area contributed by atoms with E-state index in [2.05, 4.69) is 39.0 Å². The zero-order chi connectivity index (χ0) is 13.6. The zero-order valence-corrected chi connectivity index (χ0v) is 12.4. The summed E-state index contributed by atoms with van der Waals surface area (Å²) in [4.78, 5) is 14.7. The quantitative estimate of drug-likeness (QED) is 0.731. The average Bonchev–Trinajstić information content (AvgIpc) is 2.79. The molecular formula is C17H18OS. The molecule has 1 aromatic carbocycles. The van der Waals surface area contributed by atoms with Gasteiger partial charge in [-0.3, -0.25) is 4.79 Å². The Hall–Kier alpha value is -1.41. The highest BCUT2D eigenvalue weighted by molar-refractivity contribution is 7.14. The van der Waals surface area contributed by atoms with Crippen molar-refractivity contribution in [2.75, 3.05) is 0 Å². The molecule has 19 heavy (non-hydrogen) atoms. The van der Waals surface area contributed by atoms with Crippen LogP contribution in [0.15, 0.2) is 36.4 Å². The summed E-state index contributed by atoms with van der Waals surface area (Å²) in [7, 11) is 0. The highest BCUT2D eigenvalue weighted by atomic mass is 32.1.